The van der Waals surface area contributed by atoms with Gasteiger partial charge in [0, 0.05) is 11.1 Å². The molecule has 128 valence electrons. The van der Waals surface area contributed by atoms with E-state index in [9.17, 15) is 9.18 Å². The Morgan fingerprint density at radius 1 is 1.08 bits per heavy atom. The second-order valence-electron chi connectivity index (χ2n) is 5.70. The molecule has 0 spiro atoms. The molecule has 1 heterocycles. The fourth-order valence-corrected chi connectivity index (χ4v) is 2.88. The molecule has 0 aliphatic carbocycles. The van der Waals surface area contributed by atoms with Crippen LogP contribution in [0.25, 0.3) is 11.1 Å². The van der Waals surface area contributed by atoms with Crippen LogP contribution in [-0.4, -0.2) is 25.0 Å². The minimum absolute atomic E-state index is 0. The summed E-state index contributed by atoms with van der Waals surface area (Å²) in [6.45, 7) is 1.76. The molecule has 0 saturated carbocycles. The van der Waals surface area contributed by atoms with Crippen LogP contribution in [-0.2, 0) is 0 Å². The first kappa shape index (κ1) is 18.7. The Labute approximate surface area is 152 Å². The van der Waals surface area contributed by atoms with Gasteiger partial charge in [0.05, 0.1) is 5.56 Å². The second-order valence-corrected chi connectivity index (χ2v) is 6.14. The van der Waals surface area contributed by atoms with Gasteiger partial charge in [-0.05, 0) is 61.3 Å². The van der Waals surface area contributed by atoms with Crippen molar-refractivity contribution in [1.82, 2.24) is 10.6 Å². The molecular weight excluding hydrogens is 350 g/mol. The predicted octanol–water partition coefficient (Wildman–Crippen LogP) is 4.05. The second kappa shape index (κ2) is 8.47. The van der Waals surface area contributed by atoms with Gasteiger partial charge in [0.25, 0.3) is 5.91 Å². The number of hydrogen-bond acceptors (Lipinski definition) is 2. The number of halogens is 3. The van der Waals surface area contributed by atoms with Crippen LogP contribution < -0.4 is 10.6 Å². The third-order valence-corrected chi connectivity index (χ3v) is 4.32. The molecule has 3 rings (SSSR count). The molecule has 1 saturated heterocycles. The van der Waals surface area contributed by atoms with Crippen molar-refractivity contribution in [2.45, 2.75) is 18.9 Å². The number of amides is 1. The zero-order valence-corrected chi connectivity index (χ0v) is 14.6. The number of benzene rings is 2. The van der Waals surface area contributed by atoms with Crippen LogP contribution in [0.3, 0.4) is 0 Å². The Morgan fingerprint density at radius 3 is 2.33 bits per heavy atom. The monoisotopic (exact) mass is 368 g/mol. The molecule has 0 radical (unpaired) electrons. The largest absolute Gasteiger partial charge is 0.349 e. The number of hydrogen-bond donors (Lipinski definition) is 2. The van der Waals surface area contributed by atoms with Gasteiger partial charge in [0.1, 0.15) is 5.82 Å². The third kappa shape index (κ3) is 4.47. The van der Waals surface area contributed by atoms with Crippen LogP contribution in [0.2, 0.25) is 5.02 Å². The highest BCUT2D eigenvalue weighted by molar-refractivity contribution is 6.30. The van der Waals surface area contributed by atoms with Crippen molar-refractivity contribution in [3.8, 4) is 11.1 Å². The van der Waals surface area contributed by atoms with Crippen molar-refractivity contribution in [2.24, 2.45) is 0 Å². The minimum Gasteiger partial charge on any atom is -0.349 e. The van der Waals surface area contributed by atoms with Crippen molar-refractivity contribution >= 4 is 29.9 Å². The molecule has 2 aromatic carbocycles. The van der Waals surface area contributed by atoms with E-state index < -0.39 is 5.82 Å². The van der Waals surface area contributed by atoms with E-state index in [-0.39, 0.29) is 29.9 Å². The van der Waals surface area contributed by atoms with E-state index in [4.69, 9.17) is 11.6 Å². The Morgan fingerprint density at radius 2 is 1.71 bits per heavy atom. The van der Waals surface area contributed by atoms with E-state index in [1.54, 1.807) is 18.2 Å². The molecule has 0 bridgehead atoms. The van der Waals surface area contributed by atoms with Crippen LogP contribution >= 0.6 is 24.0 Å². The van der Waals surface area contributed by atoms with Crippen LogP contribution in [0, 0.1) is 5.82 Å². The van der Waals surface area contributed by atoms with Gasteiger partial charge in [-0.1, -0.05) is 29.8 Å². The first-order valence-corrected chi connectivity index (χ1v) is 8.08. The molecule has 0 atom stereocenters. The standard InChI is InChI=1S/C18H18ClFN2O.ClH/c19-14-4-1-12(2-5-14)13-3-6-16(17(20)11-13)18(23)22-15-7-9-21-10-8-15;/h1-6,11,15,21H,7-10H2,(H,22,23);1H. The zero-order valence-electron chi connectivity index (χ0n) is 13.0. The highest BCUT2D eigenvalue weighted by atomic mass is 35.5. The lowest BCUT2D eigenvalue weighted by Gasteiger charge is -2.23. The highest BCUT2D eigenvalue weighted by Crippen LogP contribution is 2.23. The van der Waals surface area contributed by atoms with E-state index >= 15 is 0 Å². The predicted molar refractivity (Wildman–Crippen MR) is 97.5 cm³/mol. The molecule has 2 N–H and O–H groups in total. The summed E-state index contributed by atoms with van der Waals surface area (Å²) >= 11 is 5.86. The molecule has 1 amide bonds. The van der Waals surface area contributed by atoms with E-state index in [0.29, 0.717) is 5.02 Å². The van der Waals surface area contributed by atoms with Gasteiger partial charge < -0.3 is 10.6 Å². The molecule has 6 heteroatoms. The average Bonchev–Trinajstić information content (AvgIpc) is 2.56. The van der Waals surface area contributed by atoms with Crippen LogP contribution in [0.4, 0.5) is 4.39 Å². The average molecular weight is 369 g/mol. The quantitative estimate of drug-likeness (QED) is 0.857. The Kier molecular flexibility index (Phi) is 6.60. The third-order valence-electron chi connectivity index (χ3n) is 4.07. The number of piperidine rings is 1. The number of carbonyl (C=O) groups excluding carboxylic acids is 1. The van der Waals surface area contributed by atoms with Crippen molar-refractivity contribution in [3.05, 3.63) is 58.9 Å². The molecule has 1 aliphatic rings. The maximum absolute atomic E-state index is 14.3. The Hall–Kier alpha value is -1.62. The fraction of sp³-hybridized carbons (Fsp3) is 0.278. The van der Waals surface area contributed by atoms with Gasteiger partial charge in [-0.3, -0.25) is 4.79 Å². The summed E-state index contributed by atoms with van der Waals surface area (Å²) in [4.78, 5) is 12.2. The first-order valence-electron chi connectivity index (χ1n) is 7.70. The van der Waals surface area contributed by atoms with Crippen LogP contribution in [0.1, 0.15) is 23.2 Å². The lowest BCUT2D eigenvalue weighted by atomic mass is 10.0. The van der Waals surface area contributed by atoms with Gasteiger partial charge in [-0.2, -0.15) is 0 Å². The molecular formula is C18H19Cl2FN2O. The highest BCUT2D eigenvalue weighted by Gasteiger charge is 2.18. The van der Waals surface area contributed by atoms with Gasteiger partial charge in [-0.15, -0.1) is 12.4 Å². The fourth-order valence-electron chi connectivity index (χ4n) is 2.75. The molecule has 0 aromatic heterocycles. The summed E-state index contributed by atoms with van der Waals surface area (Å²) in [5.74, 6) is -0.860. The smallest absolute Gasteiger partial charge is 0.254 e. The van der Waals surface area contributed by atoms with E-state index in [1.165, 1.54) is 12.1 Å². The molecule has 1 aliphatic heterocycles. The summed E-state index contributed by atoms with van der Waals surface area (Å²) in [5.41, 5.74) is 1.66. The maximum Gasteiger partial charge on any atom is 0.254 e. The zero-order chi connectivity index (χ0) is 16.2. The van der Waals surface area contributed by atoms with Gasteiger partial charge in [0.15, 0.2) is 0 Å². The van der Waals surface area contributed by atoms with Crippen molar-refractivity contribution in [1.29, 1.82) is 0 Å². The number of rotatable bonds is 3. The molecule has 0 unspecified atom stereocenters. The van der Waals surface area contributed by atoms with E-state index in [0.717, 1.165) is 37.1 Å². The van der Waals surface area contributed by atoms with E-state index in [2.05, 4.69) is 10.6 Å². The van der Waals surface area contributed by atoms with Gasteiger partial charge >= 0.3 is 0 Å². The van der Waals surface area contributed by atoms with Crippen LogP contribution in [0.15, 0.2) is 42.5 Å². The van der Waals surface area contributed by atoms with Crippen molar-refractivity contribution < 1.29 is 9.18 Å². The topological polar surface area (TPSA) is 41.1 Å². The summed E-state index contributed by atoms with van der Waals surface area (Å²) in [6.07, 6.45) is 1.74. The van der Waals surface area contributed by atoms with E-state index in [1.807, 2.05) is 12.1 Å². The van der Waals surface area contributed by atoms with Crippen molar-refractivity contribution in [2.75, 3.05) is 13.1 Å². The number of carbonyl (C=O) groups is 1. The molecule has 1 fully saturated rings. The lowest BCUT2D eigenvalue weighted by molar-refractivity contribution is 0.0925. The molecule has 2 aromatic rings. The minimum atomic E-state index is -0.510. The summed E-state index contributed by atoms with van der Waals surface area (Å²) < 4.78 is 14.3. The Balaban J connectivity index is 0.00000208. The molecule has 3 nitrogen and oxygen atoms in total. The van der Waals surface area contributed by atoms with Gasteiger partial charge in [0.2, 0.25) is 0 Å². The molecule has 24 heavy (non-hydrogen) atoms. The van der Waals surface area contributed by atoms with Crippen molar-refractivity contribution in [3.63, 3.8) is 0 Å². The summed E-state index contributed by atoms with van der Waals surface area (Å²) in [6, 6.07) is 12.0. The number of nitrogens with one attached hydrogen (secondary N) is 2. The SMILES string of the molecule is Cl.O=C(NC1CCNCC1)c1ccc(-c2ccc(Cl)cc2)cc1F. The maximum atomic E-state index is 14.3. The lowest BCUT2D eigenvalue weighted by Crippen LogP contribution is -2.42. The van der Waals surface area contributed by atoms with Gasteiger partial charge in [-0.25, -0.2) is 4.39 Å². The Bertz CT molecular complexity index is 701. The normalized spacial score (nSPS) is 14.8. The first-order chi connectivity index (χ1) is 11.1. The summed E-state index contributed by atoms with van der Waals surface area (Å²) in [5, 5.41) is 6.77. The van der Waals surface area contributed by atoms with Crippen LogP contribution in [0.5, 0.6) is 0 Å². The summed E-state index contributed by atoms with van der Waals surface area (Å²) in [7, 11) is 0.